The summed E-state index contributed by atoms with van der Waals surface area (Å²) in [5, 5.41) is 17.7. The van der Waals surface area contributed by atoms with Crippen LogP contribution in [-0.4, -0.2) is 34.5 Å². The van der Waals surface area contributed by atoms with Crippen molar-refractivity contribution in [3.63, 3.8) is 0 Å². The third kappa shape index (κ3) is 3.59. The van der Waals surface area contributed by atoms with E-state index in [-0.39, 0.29) is 18.1 Å². The molecule has 0 aliphatic heterocycles. The number of aliphatic hydroxyl groups is 2. The second-order valence-corrected chi connectivity index (χ2v) is 4.41. The first-order valence-corrected chi connectivity index (χ1v) is 5.75. The maximum Gasteiger partial charge on any atom is 0.159 e. The van der Waals surface area contributed by atoms with Gasteiger partial charge in [-0.05, 0) is 19.1 Å². The number of aliphatic hydroxyl groups excluding tert-OH is 2. The normalized spacial score (nSPS) is 12.5. The van der Waals surface area contributed by atoms with Gasteiger partial charge in [0.2, 0.25) is 0 Å². The lowest BCUT2D eigenvalue weighted by atomic mass is 10.1. The minimum Gasteiger partial charge on any atom is -0.394 e. The van der Waals surface area contributed by atoms with Gasteiger partial charge in [0.15, 0.2) is 5.78 Å². The molecule has 5 heteroatoms. The van der Waals surface area contributed by atoms with E-state index in [1.807, 2.05) is 0 Å². The van der Waals surface area contributed by atoms with E-state index >= 15 is 0 Å². The zero-order chi connectivity index (χ0) is 12.1. The van der Waals surface area contributed by atoms with Gasteiger partial charge in [-0.3, -0.25) is 4.79 Å². The zero-order valence-corrected chi connectivity index (χ0v) is 9.63. The highest BCUT2D eigenvalue weighted by atomic mass is 32.2. The Kier molecular flexibility index (Phi) is 4.92. The number of carbonyl (C=O) groups is 1. The lowest BCUT2D eigenvalue weighted by Crippen LogP contribution is -2.14. The number of benzene rings is 1. The van der Waals surface area contributed by atoms with Crippen molar-refractivity contribution in [2.24, 2.45) is 0 Å². The SMILES string of the molecule is CC(=O)c1ccc(SCC(O)CO)c(F)c1. The van der Waals surface area contributed by atoms with Crippen LogP contribution in [-0.2, 0) is 0 Å². The molecule has 1 aromatic carbocycles. The molecule has 0 amide bonds. The number of ketones is 1. The topological polar surface area (TPSA) is 57.5 Å². The molecule has 0 fully saturated rings. The van der Waals surface area contributed by atoms with Crippen LogP contribution in [0.15, 0.2) is 23.1 Å². The van der Waals surface area contributed by atoms with Crippen LogP contribution in [0.1, 0.15) is 17.3 Å². The monoisotopic (exact) mass is 244 g/mol. The highest BCUT2D eigenvalue weighted by Crippen LogP contribution is 2.23. The standard InChI is InChI=1S/C11H13FO3S/c1-7(14)8-2-3-11(10(12)4-8)16-6-9(15)5-13/h2-4,9,13,15H,5-6H2,1H3. The summed E-state index contributed by atoms with van der Waals surface area (Å²) in [6.07, 6.45) is -0.864. The van der Waals surface area contributed by atoms with Crippen LogP contribution in [0.4, 0.5) is 4.39 Å². The first kappa shape index (κ1) is 13.2. The van der Waals surface area contributed by atoms with Crippen molar-refractivity contribution in [3.8, 4) is 0 Å². The summed E-state index contributed by atoms with van der Waals surface area (Å²) in [5.74, 6) is -0.457. The summed E-state index contributed by atoms with van der Waals surface area (Å²) in [4.78, 5) is 11.3. The smallest absolute Gasteiger partial charge is 0.159 e. The summed E-state index contributed by atoms with van der Waals surface area (Å²) in [5.41, 5.74) is 0.324. The van der Waals surface area contributed by atoms with Crippen LogP contribution >= 0.6 is 11.8 Å². The van der Waals surface area contributed by atoms with Crippen molar-refractivity contribution in [2.75, 3.05) is 12.4 Å². The molecule has 0 saturated carbocycles. The number of carbonyl (C=O) groups excluding carboxylic acids is 1. The molecule has 0 bridgehead atoms. The second-order valence-electron chi connectivity index (χ2n) is 3.35. The lowest BCUT2D eigenvalue weighted by Gasteiger charge is -2.07. The van der Waals surface area contributed by atoms with Crippen LogP contribution in [0.5, 0.6) is 0 Å². The third-order valence-electron chi connectivity index (χ3n) is 1.98. The molecular weight excluding hydrogens is 231 g/mol. The molecule has 0 aliphatic rings. The minimum atomic E-state index is -0.864. The molecule has 1 unspecified atom stereocenters. The number of rotatable bonds is 5. The predicted octanol–water partition coefficient (Wildman–Crippen LogP) is 1.47. The first-order valence-electron chi connectivity index (χ1n) is 4.76. The van der Waals surface area contributed by atoms with Crippen molar-refractivity contribution in [3.05, 3.63) is 29.6 Å². The van der Waals surface area contributed by atoms with E-state index in [4.69, 9.17) is 10.2 Å². The molecule has 16 heavy (non-hydrogen) atoms. The Morgan fingerprint density at radius 2 is 2.25 bits per heavy atom. The molecule has 1 atom stereocenters. The molecule has 3 nitrogen and oxygen atoms in total. The number of thioether (sulfide) groups is 1. The summed E-state index contributed by atoms with van der Waals surface area (Å²) in [6.45, 7) is 1.03. The molecule has 0 heterocycles. The first-order chi connectivity index (χ1) is 7.54. The van der Waals surface area contributed by atoms with Crippen LogP contribution < -0.4 is 0 Å². The van der Waals surface area contributed by atoms with Crippen molar-refractivity contribution < 1.29 is 19.4 Å². The Morgan fingerprint density at radius 3 is 2.75 bits per heavy atom. The average molecular weight is 244 g/mol. The van der Waals surface area contributed by atoms with Gasteiger partial charge in [0, 0.05) is 16.2 Å². The highest BCUT2D eigenvalue weighted by Gasteiger charge is 2.09. The average Bonchev–Trinajstić information content (AvgIpc) is 2.26. The van der Waals surface area contributed by atoms with E-state index in [9.17, 15) is 9.18 Å². The number of hydrogen-bond donors (Lipinski definition) is 2. The van der Waals surface area contributed by atoms with Gasteiger partial charge in [-0.15, -0.1) is 11.8 Å². The second kappa shape index (κ2) is 5.98. The quantitative estimate of drug-likeness (QED) is 0.608. The van der Waals surface area contributed by atoms with Gasteiger partial charge in [0.25, 0.3) is 0 Å². The molecule has 1 aromatic rings. The van der Waals surface area contributed by atoms with Crippen molar-refractivity contribution >= 4 is 17.5 Å². The Labute approximate surface area is 97.3 Å². The molecule has 0 spiro atoms. The molecule has 2 N–H and O–H groups in total. The van der Waals surface area contributed by atoms with Gasteiger partial charge in [-0.1, -0.05) is 6.07 Å². The van der Waals surface area contributed by atoms with Crippen molar-refractivity contribution in [2.45, 2.75) is 17.9 Å². The van der Waals surface area contributed by atoms with Gasteiger partial charge < -0.3 is 10.2 Å². The van der Waals surface area contributed by atoms with E-state index in [1.54, 1.807) is 6.07 Å². The summed E-state index contributed by atoms with van der Waals surface area (Å²) in [6, 6.07) is 4.22. The summed E-state index contributed by atoms with van der Waals surface area (Å²) < 4.78 is 13.4. The van der Waals surface area contributed by atoms with E-state index in [0.29, 0.717) is 10.5 Å². The molecular formula is C11H13FO3S. The molecule has 1 rings (SSSR count). The zero-order valence-electron chi connectivity index (χ0n) is 8.81. The fourth-order valence-corrected chi connectivity index (χ4v) is 1.91. The van der Waals surface area contributed by atoms with Crippen LogP contribution in [0, 0.1) is 5.82 Å². The Morgan fingerprint density at radius 1 is 1.56 bits per heavy atom. The maximum absolute atomic E-state index is 13.4. The van der Waals surface area contributed by atoms with Crippen LogP contribution in [0.2, 0.25) is 0 Å². The van der Waals surface area contributed by atoms with Crippen LogP contribution in [0.25, 0.3) is 0 Å². The highest BCUT2D eigenvalue weighted by molar-refractivity contribution is 7.99. The predicted molar refractivity (Wildman–Crippen MR) is 60.2 cm³/mol. The van der Waals surface area contributed by atoms with Gasteiger partial charge in [-0.2, -0.15) is 0 Å². The Bertz CT molecular complexity index is 381. The van der Waals surface area contributed by atoms with Crippen molar-refractivity contribution in [1.82, 2.24) is 0 Å². The number of Topliss-reactive ketones (excluding diaryl/α,β-unsaturated/α-hetero) is 1. The molecule has 88 valence electrons. The summed E-state index contributed by atoms with van der Waals surface area (Å²) >= 11 is 1.10. The van der Waals surface area contributed by atoms with Crippen molar-refractivity contribution in [1.29, 1.82) is 0 Å². The summed E-state index contributed by atoms with van der Waals surface area (Å²) in [7, 11) is 0. The van der Waals surface area contributed by atoms with Gasteiger partial charge in [0.1, 0.15) is 5.82 Å². The van der Waals surface area contributed by atoms with Gasteiger partial charge >= 0.3 is 0 Å². The van der Waals surface area contributed by atoms with Crippen LogP contribution in [0.3, 0.4) is 0 Å². The fourth-order valence-electron chi connectivity index (χ4n) is 1.08. The van der Waals surface area contributed by atoms with Gasteiger partial charge in [-0.25, -0.2) is 4.39 Å². The fraction of sp³-hybridized carbons (Fsp3) is 0.364. The van der Waals surface area contributed by atoms with E-state index in [0.717, 1.165) is 11.8 Å². The van der Waals surface area contributed by atoms with E-state index in [1.165, 1.54) is 19.1 Å². The number of hydrogen-bond acceptors (Lipinski definition) is 4. The van der Waals surface area contributed by atoms with E-state index < -0.39 is 11.9 Å². The largest absolute Gasteiger partial charge is 0.394 e. The van der Waals surface area contributed by atoms with Gasteiger partial charge in [0.05, 0.1) is 12.7 Å². The minimum absolute atomic E-state index is 0.189. The Balaban J connectivity index is 2.72. The van der Waals surface area contributed by atoms with E-state index in [2.05, 4.69) is 0 Å². The number of halogens is 1. The Hall–Kier alpha value is -0.910. The molecule has 0 aliphatic carbocycles. The molecule has 0 saturated heterocycles. The third-order valence-corrected chi connectivity index (χ3v) is 3.17. The molecule has 0 radical (unpaired) electrons. The lowest BCUT2D eigenvalue weighted by molar-refractivity contribution is 0.101. The maximum atomic E-state index is 13.4. The molecule has 0 aromatic heterocycles.